The molecule has 1 aliphatic heterocycles. The normalized spacial score (nSPS) is 18.8. The van der Waals surface area contributed by atoms with Crippen LogP contribution in [0, 0.1) is 0 Å². The van der Waals surface area contributed by atoms with Crippen LogP contribution in [0.2, 0.25) is 0 Å². The van der Waals surface area contributed by atoms with Gasteiger partial charge in [0.2, 0.25) is 0 Å². The average Bonchev–Trinajstić information content (AvgIpc) is 2.52. The molecule has 2 rings (SSSR count). The Morgan fingerprint density at radius 2 is 1.95 bits per heavy atom. The van der Waals surface area contributed by atoms with Gasteiger partial charge in [0.1, 0.15) is 12.0 Å². The Hall–Kier alpha value is -1.26. The number of hydrogen-bond acceptors (Lipinski definition) is 4. The average molecular weight is 292 g/mol. The Labute approximate surface area is 128 Å². The highest BCUT2D eigenvalue weighted by molar-refractivity contribution is 5.50. The largest absolute Gasteiger partial charge is 0.494 e. The molecule has 1 aliphatic rings. The number of anilines is 1. The Morgan fingerprint density at radius 3 is 2.67 bits per heavy atom. The number of piperazine rings is 1. The molecule has 0 bridgehead atoms. The molecule has 0 radical (unpaired) electrons. The van der Waals surface area contributed by atoms with Crippen LogP contribution in [0.15, 0.2) is 24.3 Å². The number of nitrogens with one attached hydrogen (secondary N) is 1. The summed E-state index contributed by atoms with van der Waals surface area (Å²) in [5.41, 5.74) is 1.05. The van der Waals surface area contributed by atoms with Gasteiger partial charge in [-0.2, -0.15) is 0 Å². The lowest BCUT2D eigenvalue weighted by Crippen LogP contribution is -2.51. The summed E-state index contributed by atoms with van der Waals surface area (Å²) >= 11 is 0. The third-order valence-electron chi connectivity index (χ3n) is 3.90. The van der Waals surface area contributed by atoms with Gasteiger partial charge in [-0.15, -0.1) is 0 Å². The van der Waals surface area contributed by atoms with Gasteiger partial charge in [-0.3, -0.25) is 0 Å². The Morgan fingerprint density at radius 1 is 1.19 bits per heavy atom. The van der Waals surface area contributed by atoms with Crippen LogP contribution in [0.25, 0.3) is 0 Å². The van der Waals surface area contributed by atoms with Crippen LogP contribution in [0.4, 0.5) is 5.69 Å². The van der Waals surface area contributed by atoms with E-state index in [0.29, 0.717) is 6.54 Å². The molecule has 0 aromatic heterocycles. The van der Waals surface area contributed by atoms with Crippen LogP contribution >= 0.6 is 0 Å². The molecule has 4 heteroatoms. The van der Waals surface area contributed by atoms with Gasteiger partial charge < -0.3 is 20.1 Å². The van der Waals surface area contributed by atoms with E-state index in [4.69, 9.17) is 4.74 Å². The third-order valence-corrected chi connectivity index (χ3v) is 3.90. The molecule has 0 spiro atoms. The van der Waals surface area contributed by atoms with E-state index in [1.807, 2.05) is 29.2 Å². The van der Waals surface area contributed by atoms with Gasteiger partial charge in [0, 0.05) is 25.3 Å². The zero-order valence-electron chi connectivity index (χ0n) is 13.1. The number of rotatable bonds is 8. The highest BCUT2D eigenvalue weighted by Gasteiger charge is 2.19. The summed E-state index contributed by atoms with van der Waals surface area (Å²) in [6.45, 7) is 5.38. The van der Waals surface area contributed by atoms with Crippen molar-refractivity contribution in [3.05, 3.63) is 24.3 Å². The predicted molar refractivity (Wildman–Crippen MR) is 86.9 cm³/mol. The lowest BCUT2D eigenvalue weighted by molar-refractivity contribution is 0.152. The molecule has 21 heavy (non-hydrogen) atoms. The summed E-state index contributed by atoms with van der Waals surface area (Å²) in [5, 5.41) is 13.1. The highest BCUT2D eigenvalue weighted by Crippen LogP contribution is 2.21. The number of benzene rings is 1. The van der Waals surface area contributed by atoms with Gasteiger partial charge in [-0.05, 0) is 30.7 Å². The zero-order chi connectivity index (χ0) is 14.9. The smallest absolute Gasteiger partial charge is 0.139 e. The third kappa shape index (κ3) is 5.21. The van der Waals surface area contributed by atoms with Gasteiger partial charge in [0.15, 0.2) is 0 Å². The van der Waals surface area contributed by atoms with E-state index in [2.05, 4.69) is 12.2 Å². The maximum absolute atomic E-state index is 9.97. The maximum Gasteiger partial charge on any atom is 0.139 e. The van der Waals surface area contributed by atoms with E-state index >= 15 is 0 Å². The van der Waals surface area contributed by atoms with Crippen molar-refractivity contribution in [3.63, 3.8) is 0 Å². The second-order valence-corrected chi connectivity index (χ2v) is 5.63. The zero-order valence-corrected chi connectivity index (χ0v) is 13.1. The van der Waals surface area contributed by atoms with Crippen molar-refractivity contribution >= 4 is 5.69 Å². The summed E-state index contributed by atoms with van der Waals surface area (Å²) < 4.78 is 5.76. The van der Waals surface area contributed by atoms with Crippen LogP contribution in [0.3, 0.4) is 0 Å². The van der Waals surface area contributed by atoms with Crippen LogP contribution in [0.5, 0.6) is 5.75 Å². The van der Waals surface area contributed by atoms with Crippen molar-refractivity contribution < 1.29 is 9.84 Å². The van der Waals surface area contributed by atoms with Crippen molar-refractivity contribution in [1.82, 2.24) is 5.32 Å². The lowest BCUT2D eigenvalue weighted by atomic mass is 10.2. The first-order valence-electron chi connectivity index (χ1n) is 8.19. The fourth-order valence-corrected chi connectivity index (χ4v) is 2.62. The van der Waals surface area contributed by atoms with Crippen molar-refractivity contribution in [3.8, 4) is 5.75 Å². The summed E-state index contributed by atoms with van der Waals surface area (Å²) in [6.07, 6.45) is 5.84. The van der Waals surface area contributed by atoms with Crippen molar-refractivity contribution in [2.45, 2.75) is 45.3 Å². The topological polar surface area (TPSA) is 44.7 Å². The van der Waals surface area contributed by atoms with Gasteiger partial charge in [-0.25, -0.2) is 0 Å². The fraction of sp³-hybridized carbons (Fsp3) is 0.647. The minimum atomic E-state index is -0.441. The maximum atomic E-state index is 9.97. The number of aliphatic hydroxyl groups is 1. The van der Waals surface area contributed by atoms with Crippen molar-refractivity contribution in [2.75, 3.05) is 31.1 Å². The number of nitrogens with zero attached hydrogens (tertiary/aromatic N) is 1. The van der Waals surface area contributed by atoms with Crippen LogP contribution in [-0.4, -0.2) is 37.6 Å². The second kappa shape index (κ2) is 8.90. The second-order valence-electron chi connectivity index (χ2n) is 5.63. The van der Waals surface area contributed by atoms with Crippen LogP contribution in [0.1, 0.15) is 39.0 Å². The molecule has 1 atom stereocenters. The molecule has 1 aromatic rings. The summed E-state index contributed by atoms with van der Waals surface area (Å²) in [7, 11) is 0. The molecule has 4 nitrogen and oxygen atoms in total. The quantitative estimate of drug-likeness (QED) is 0.723. The first kappa shape index (κ1) is 16.1. The molecular formula is C17H28N2O2. The number of unbranched alkanes of at least 4 members (excludes halogenated alkanes) is 4. The number of ether oxygens (including phenoxy) is 1. The molecule has 1 saturated heterocycles. The Kier molecular flexibility index (Phi) is 6.83. The van der Waals surface area contributed by atoms with Crippen molar-refractivity contribution in [2.24, 2.45) is 0 Å². The molecule has 1 unspecified atom stereocenters. The van der Waals surface area contributed by atoms with E-state index in [-0.39, 0.29) is 0 Å². The van der Waals surface area contributed by atoms with Crippen molar-refractivity contribution in [1.29, 1.82) is 0 Å². The number of β-amino-alcohol motifs (C(OH)–C–C–N with tert-alkyl or cyclic N) is 1. The Bertz CT molecular complexity index is 394. The lowest BCUT2D eigenvalue weighted by Gasteiger charge is -2.34. The summed E-state index contributed by atoms with van der Waals surface area (Å²) in [6, 6.07) is 8.05. The predicted octanol–water partition coefficient (Wildman–Crippen LogP) is 2.76. The van der Waals surface area contributed by atoms with E-state index in [1.54, 1.807) is 0 Å². The van der Waals surface area contributed by atoms with E-state index in [0.717, 1.165) is 37.6 Å². The molecule has 1 aromatic carbocycles. The summed E-state index contributed by atoms with van der Waals surface area (Å²) in [5.74, 6) is 0.916. The molecule has 1 fully saturated rings. The Balaban J connectivity index is 1.74. The van der Waals surface area contributed by atoms with Gasteiger partial charge in [-0.1, -0.05) is 32.6 Å². The molecular weight excluding hydrogens is 264 g/mol. The fourth-order valence-electron chi connectivity index (χ4n) is 2.62. The standard InChI is InChI=1S/C17H28N2O2/c1-2-3-4-5-6-13-21-16-9-7-15(8-10-16)19-12-11-18-14-17(19)20/h7-10,17-18,20H,2-6,11-14H2,1H3. The highest BCUT2D eigenvalue weighted by atomic mass is 16.5. The van der Waals surface area contributed by atoms with Gasteiger partial charge in [0.25, 0.3) is 0 Å². The molecule has 0 amide bonds. The van der Waals surface area contributed by atoms with Gasteiger partial charge >= 0.3 is 0 Å². The SMILES string of the molecule is CCCCCCCOc1ccc(N2CCNCC2O)cc1. The van der Waals surface area contributed by atoms with E-state index in [9.17, 15) is 5.11 Å². The first-order chi connectivity index (χ1) is 10.3. The summed E-state index contributed by atoms with van der Waals surface area (Å²) in [4.78, 5) is 2.02. The first-order valence-corrected chi connectivity index (χ1v) is 8.19. The minimum absolute atomic E-state index is 0.441. The molecule has 1 heterocycles. The molecule has 0 aliphatic carbocycles. The molecule has 2 N–H and O–H groups in total. The monoisotopic (exact) mass is 292 g/mol. The molecule has 118 valence electrons. The van der Waals surface area contributed by atoms with Gasteiger partial charge in [0.05, 0.1) is 6.61 Å². The number of hydrogen-bond donors (Lipinski definition) is 2. The molecule has 0 saturated carbocycles. The van der Waals surface area contributed by atoms with E-state index in [1.165, 1.54) is 25.7 Å². The minimum Gasteiger partial charge on any atom is -0.494 e. The van der Waals surface area contributed by atoms with Crippen LogP contribution < -0.4 is 15.0 Å². The van der Waals surface area contributed by atoms with Crippen LogP contribution in [-0.2, 0) is 0 Å². The van der Waals surface area contributed by atoms with E-state index < -0.39 is 6.23 Å². The number of aliphatic hydroxyl groups excluding tert-OH is 1.